The monoisotopic (exact) mass is 479 g/mol. The highest BCUT2D eigenvalue weighted by atomic mass is 19.2. The maximum atomic E-state index is 14.0. The van der Waals surface area contributed by atoms with Gasteiger partial charge in [-0.25, -0.2) is 18.6 Å². The maximum Gasteiger partial charge on any atom is 0.408 e. The van der Waals surface area contributed by atoms with Gasteiger partial charge in [0.25, 0.3) is 0 Å². The molecular weight excluding hydrogens is 452 g/mol. The second-order valence-corrected chi connectivity index (χ2v) is 9.59. The zero-order chi connectivity index (χ0) is 24.6. The minimum atomic E-state index is -0.957. The van der Waals surface area contributed by atoms with Gasteiger partial charge < -0.3 is 20.1 Å². The van der Waals surface area contributed by atoms with Crippen molar-refractivity contribution in [2.75, 3.05) is 13.1 Å². The standard InChI is InChI=1S/C27H27F2N3O3/c1-27(2,32-26(33)34-15-16-6-4-3-5-7-16)18-11-23(17-8-9-21(28)22(29)10-17)31-24(12-18)35-25-19-13-30-14-20(19)25/h3-12,19-20,25,30H,13-15H2,1-2H3,(H,32,33)/t19-,20+,25+. The Morgan fingerprint density at radius 2 is 1.80 bits per heavy atom. The first-order chi connectivity index (χ1) is 16.8. The van der Waals surface area contributed by atoms with Crippen molar-refractivity contribution in [2.45, 2.75) is 32.1 Å². The van der Waals surface area contributed by atoms with Crippen molar-refractivity contribution >= 4 is 6.09 Å². The minimum Gasteiger partial charge on any atom is -0.474 e. The van der Waals surface area contributed by atoms with E-state index in [-0.39, 0.29) is 12.7 Å². The van der Waals surface area contributed by atoms with Gasteiger partial charge in [-0.1, -0.05) is 30.3 Å². The van der Waals surface area contributed by atoms with Gasteiger partial charge in [-0.2, -0.15) is 0 Å². The average Bonchev–Trinajstić information content (AvgIpc) is 3.24. The number of amides is 1. The van der Waals surface area contributed by atoms with Gasteiger partial charge in [0, 0.05) is 36.6 Å². The van der Waals surface area contributed by atoms with Crippen molar-refractivity contribution in [2.24, 2.45) is 11.8 Å². The van der Waals surface area contributed by atoms with E-state index in [0.29, 0.717) is 34.5 Å². The van der Waals surface area contributed by atoms with E-state index < -0.39 is 23.3 Å². The second-order valence-electron chi connectivity index (χ2n) is 9.59. The summed E-state index contributed by atoms with van der Waals surface area (Å²) < 4.78 is 39.1. The van der Waals surface area contributed by atoms with E-state index in [4.69, 9.17) is 9.47 Å². The van der Waals surface area contributed by atoms with Crippen LogP contribution in [0.4, 0.5) is 13.6 Å². The van der Waals surface area contributed by atoms with Crippen molar-refractivity contribution in [1.29, 1.82) is 0 Å². The number of piperidine rings is 1. The molecule has 0 bridgehead atoms. The molecule has 0 spiro atoms. The predicted octanol–water partition coefficient (Wildman–Crippen LogP) is 4.78. The molecule has 2 heterocycles. The fraction of sp³-hybridized carbons (Fsp3) is 0.333. The number of carbonyl (C=O) groups is 1. The molecule has 8 heteroatoms. The molecule has 1 saturated carbocycles. The van der Waals surface area contributed by atoms with Crippen LogP contribution in [0.25, 0.3) is 11.3 Å². The van der Waals surface area contributed by atoms with E-state index in [0.717, 1.165) is 30.8 Å². The first-order valence-corrected chi connectivity index (χ1v) is 11.6. The van der Waals surface area contributed by atoms with Crippen LogP contribution in [-0.4, -0.2) is 30.3 Å². The van der Waals surface area contributed by atoms with Crippen LogP contribution in [0.5, 0.6) is 5.88 Å². The van der Waals surface area contributed by atoms with E-state index in [1.165, 1.54) is 6.07 Å². The number of nitrogens with one attached hydrogen (secondary N) is 2. The topological polar surface area (TPSA) is 72.5 Å². The smallest absolute Gasteiger partial charge is 0.408 e. The van der Waals surface area contributed by atoms with Crippen LogP contribution in [-0.2, 0) is 16.9 Å². The fourth-order valence-corrected chi connectivity index (χ4v) is 4.49. The molecule has 0 unspecified atom stereocenters. The van der Waals surface area contributed by atoms with Gasteiger partial charge in [-0.05, 0) is 49.2 Å². The number of fused-ring (bicyclic) bond motifs is 1. The Kier molecular flexibility index (Phi) is 6.15. The second kappa shape index (κ2) is 9.26. The summed E-state index contributed by atoms with van der Waals surface area (Å²) in [5, 5.41) is 6.22. The number of halogens is 2. The lowest BCUT2D eigenvalue weighted by Gasteiger charge is -2.27. The van der Waals surface area contributed by atoms with Gasteiger partial charge in [0.05, 0.1) is 11.2 Å². The van der Waals surface area contributed by atoms with Crippen molar-refractivity contribution in [3.05, 3.63) is 83.4 Å². The summed E-state index contributed by atoms with van der Waals surface area (Å²) >= 11 is 0. The van der Waals surface area contributed by atoms with E-state index in [1.807, 2.05) is 44.2 Å². The average molecular weight is 480 g/mol. The number of aromatic nitrogens is 1. The van der Waals surface area contributed by atoms with Crippen LogP contribution >= 0.6 is 0 Å². The normalized spacial score (nSPS) is 20.7. The molecule has 1 amide bonds. The lowest BCUT2D eigenvalue weighted by atomic mass is 9.93. The molecule has 35 heavy (non-hydrogen) atoms. The maximum absolute atomic E-state index is 14.0. The number of alkyl carbamates (subject to hydrolysis) is 1. The Labute approximate surface area is 202 Å². The Bertz CT molecular complexity index is 1230. The summed E-state index contributed by atoms with van der Waals surface area (Å²) in [5.74, 6) is -0.601. The third kappa shape index (κ3) is 5.12. The molecule has 2 N–H and O–H groups in total. The molecule has 5 rings (SSSR count). The summed E-state index contributed by atoms with van der Waals surface area (Å²) in [4.78, 5) is 17.1. The predicted molar refractivity (Wildman–Crippen MR) is 127 cm³/mol. The van der Waals surface area contributed by atoms with Gasteiger partial charge in [0.1, 0.15) is 12.7 Å². The minimum absolute atomic E-state index is 0.0729. The first-order valence-electron chi connectivity index (χ1n) is 11.6. The summed E-state index contributed by atoms with van der Waals surface area (Å²) in [7, 11) is 0. The van der Waals surface area contributed by atoms with Gasteiger partial charge >= 0.3 is 6.09 Å². The third-order valence-electron chi connectivity index (χ3n) is 6.64. The summed E-state index contributed by atoms with van der Waals surface area (Å²) in [5.41, 5.74) is 1.56. The molecule has 1 saturated heterocycles. The molecule has 3 aromatic rings. The highest BCUT2D eigenvalue weighted by Gasteiger charge is 2.55. The highest BCUT2D eigenvalue weighted by molar-refractivity contribution is 5.69. The van der Waals surface area contributed by atoms with E-state index in [1.54, 1.807) is 12.1 Å². The van der Waals surface area contributed by atoms with Gasteiger partial charge in [-0.15, -0.1) is 0 Å². The van der Waals surface area contributed by atoms with Crippen molar-refractivity contribution in [3.63, 3.8) is 0 Å². The largest absolute Gasteiger partial charge is 0.474 e. The molecule has 2 aliphatic rings. The lowest BCUT2D eigenvalue weighted by Crippen LogP contribution is -2.41. The Balaban J connectivity index is 1.38. The van der Waals surface area contributed by atoms with Crippen LogP contribution in [0.2, 0.25) is 0 Å². The van der Waals surface area contributed by atoms with Gasteiger partial charge in [-0.3, -0.25) is 0 Å². The molecule has 1 aliphatic heterocycles. The molecule has 0 radical (unpaired) electrons. The number of hydrogen-bond donors (Lipinski definition) is 2. The summed E-state index contributed by atoms with van der Waals surface area (Å²) in [6.07, 6.45) is -0.501. The Hall–Kier alpha value is -3.52. The van der Waals surface area contributed by atoms with Crippen LogP contribution in [0, 0.1) is 23.5 Å². The zero-order valence-corrected chi connectivity index (χ0v) is 19.6. The number of ether oxygens (including phenoxy) is 2. The van der Waals surface area contributed by atoms with E-state index in [9.17, 15) is 13.6 Å². The van der Waals surface area contributed by atoms with Crippen molar-refractivity contribution in [1.82, 2.24) is 15.6 Å². The van der Waals surface area contributed by atoms with Crippen LogP contribution in [0.3, 0.4) is 0 Å². The number of benzene rings is 2. The quantitative estimate of drug-likeness (QED) is 0.510. The Morgan fingerprint density at radius 1 is 1.06 bits per heavy atom. The molecule has 182 valence electrons. The van der Waals surface area contributed by atoms with Crippen LogP contribution < -0.4 is 15.4 Å². The number of rotatable bonds is 7. The van der Waals surface area contributed by atoms with Crippen LogP contribution in [0.15, 0.2) is 60.7 Å². The van der Waals surface area contributed by atoms with E-state index in [2.05, 4.69) is 15.6 Å². The van der Waals surface area contributed by atoms with Gasteiger partial charge in [0.2, 0.25) is 5.88 Å². The summed E-state index contributed by atoms with van der Waals surface area (Å²) in [6.45, 7) is 5.63. The number of nitrogens with zero attached hydrogens (tertiary/aromatic N) is 1. The number of hydrogen-bond acceptors (Lipinski definition) is 5. The molecular formula is C27H27F2N3O3. The molecule has 2 fully saturated rings. The molecule has 6 nitrogen and oxygen atoms in total. The fourth-order valence-electron chi connectivity index (χ4n) is 4.49. The van der Waals surface area contributed by atoms with Crippen LogP contribution in [0.1, 0.15) is 25.0 Å². The Morgan fingerprint density at radius 3 is 2.51 bits per heavy atom. The zero-order valence-electron chi connectivity index (χ0n) is 19.6. The van der Waals surface area contributed by atoms with Crippen molar-refractivity contribution in [3.8, 4) is 17.1 Å². The SMILES string of the molecule is CC(C)(NC(=O)OCc1ccccc1)c1cc(O[C@H]2[C@@H]3CNC[C@@H]32)nc(-c2ccc(F)c(F)c2)c1. The third-order valence-corrected chi connectivity index (χ3v) is 6.64. The van der Waals surface area contributed by atoms with Crippen molar-refractivity contribution < 1.29 is 23.0 Å². The summed E-state index contributed by atoms with van der Waals surface area (Å²) in [6, 6.07) is 16.6. The molecule has 1 aromatic heterocycles. The molecule has 1 aliphatic carbocycles. The van der Waals surface area contributed by atoms with E-state index >= 15 is 0 Å². The molecule has 3 atom stereocenters. The first kappa shape index (κ1) is 23.2. The number of pyridine rings is 1. The lowest BCUT2D eigenvalue weighted by molar-refractivity contribution is 0.129. The van der Waals surface area contributed by atoms with Gasteiger partial charge in [0.15, 0.2) is 11.6 Å². The molecule has 2 aromatic carbocycles. The number of carbonyl (C=O) groups excluding carboxylic acids is 1. The highest BCUT2D eigenvalue weighted by Crippen LogP contribution is 2.44.